The Bertz CT molecular complexity index is 1660. The van der Waals surface area contributed by atoms with Crippen LogP contribution in [-0.4, -0.2) is 104 Å². The maximum atomic E-state index is 14.0. The maximum Gasteiger partial charge on any atom is 0.282 e. The van der Waals surface area contributed by atoms with Crippen LogP contribution in [0.2, 0.25) is 0 Å². The first-order chi connectivity index (χ1) is 23.1. The van der Waals surface area contributed by atoms with Crippen molar-refractivity contribution >= 4 is 22.0 Å². The van der Waals surface area contributed by atoms with Crippen molar-refractivity contribution in [2.45, 2.75) is 39.3 Å². The van der Waals surface area contributed by atoms with Gasteiger partial charge in [-0.2, -0.15) is 22.1 Å². The van der Waals surface area contributed by atoms with Crippen molar-refractivity contribution in [1.82, 2.24) is 34.0 Å². The van der Waals surface area contributed by atoms with Gasteiger partial charge < -0.3 is 24.8 Å². The van der Waals surface area contributed by atoms with Gasteiger partial charge in [-0.1, -0.05) is 44.2 Å². The fourth-order valence-electron chi connectivity index (χ4n) is 5.92. The van der Waals surface area contributed by atoms with E-state index < -0.39 is 34.6 Å². The number of hydrogen-bond acceptors (Lipinski definition) is 9. The van der Waals surface area contributed by atoms with E-state index in [1.807, 2.05) is 44.2 Å². The Morgan fingerprint density at radius 1 is 0.979 bits per heavy atom. The predicted molar refractivity (Wildman–Crippen MR) is 179 cm³/mol. The van der Waals surface area contributed by atoms with Crippen LogP contribution in [0.15, 0.2) is 48.5 Å². The molecular formula is C33H45N7O7S. The molecule has 1 atom stereocenters. The summed E-state index contributed by atoms with van der Waals surface area (Å²) in [7, 11) is -0.893. The summed E-state index contributed by atoms with van der Waals surface area (Å²) in [6, 6.07) is 13.8. The minimum atomic E-state index is -4.05. The van der Waals surface area contributed by atoms with Crippen LogP contribution in [0.1, 0.15) is 48.9 Å². The lowest BCUT2D eigenvalue weighted by molar-refractivity contribution is -0.122. The molecule has 2 N–H and O–H groups in total. The second-order valence-corrected chi connectivity index (χ2v) is 14.2. The van der Waals surface area contributed by atoms with Crippen LogP contribution < -0.4 is 20.1 Å². The van der Waals surface area contributed by atoms with E-state index in [-0.39, 0.29) is 38.1 Å². The minimum absolute atomic E-state index is 0.0178. The molecule has 15 heteroatoms. The minimum Gasteiger partial charge on any atom is -0.493 e. The molecule has 1 saturated heterocycles. The molecule has 1 fully saturated rings. The molecular weight excluding hydrogens is 638 g/mol. The van der Waals surface area contributed by atoms with Gasteiger partial charge in [0.15, 0.2) is 23.1 Å². The zero-order valence-corrected chi connectivity index (χ0v) is 28.7. The van der Waals surface area contributed by atoms with Gasteiger partial charge in [-0.15, -0.1) is 0 Å². The van der Waals surface area contributed by atoms with Crippen molar-refractivity contribution in [1.29, 1.82) is 0 Å². The standard InChI is InChI=1S/C33H45N7O7S/c1-23(2)30-32-36-31(25-8-6-5-7-9-25)37-40(32)18-19-47-28-20-26(10-11-27(28)46-4)33(42)34-14-17-39(21-29(41)35-30)48(43,44)38-15-12-24(13-16-38)22-45-3/h5-11,20,23-24,30H,12-19,21-22H2,1-4H3,(H,34,42)(H,35,41)/t30-/m1/s1. The first-order valence-electron chi connectivity index (χ1n) is 16.2. The Hall–Kier alpha value is -4.05. The van der Waals surface area contributed by atoms with Crippen molar-refractivity contribution in [3.63, 3.8) is 0 Å². The van der Waals surface area contributed by atoms with E-state index in [9.17, 15) is 18.0 Å². The lowest BCUT2D eigenvalue weighted by atomic mass is 9.99. The summed E-state index contributed by atoms with van der Waals surface area (Å²) in [6.45, 7) is 4.98. The zero-order chi connectivity index (χ0) is 34.3. The summed E-state index contributed by atoms with van der Waals surface area (Å²) in [5, 5.41) is 10.6. The van der Waals surface area contributed by atoms with Crippen molar-refractivity contribution in [3.05, 3.63) is 59.9 Å². The van der Waals surface area contributed by atoms with Gasteiger partial charge in [-0.05, 0) is 42.9 Å². The quantitative estimate of drug-likeness (QED) is 0.382. The summed E-state index contributed by atoms with van der Waals surface area (Å²) in [4.78, 5) is 31.8. The van der Waals surface area contributed by atoms with E-state index in [0.717, 1.165) is 9.87 Å². The molecule has 2 aliphatic rings. The molecule has 3 aromatic rings. The Kier molecular flexibility index (Phi) is 11.7. The predicted octanol–water partition coefficient (Wildman–Crippen LogP) is 2.49. The normalized spacial score (nSPS) is 19.6. The van der Waals surface area contributed by atoms with Gasteiger partial charge >= 0.3 is 0 Å². The lowest BCUT2D eigenvalue weighted by Gasteiger charge is -2.35. The third-order valence-electron chi connectivity index (χ3n) is 8.58. The molecule has 2 bridgehead atoms. The average molecular weight is 684 g/mol. The number of amides is 2. The molecule has 3 heterocycles. The molecule has 0 spiro atoms. The number of carbonyl (C=O) groups excluding carboxylic acids is 2. The topological polar surface area (TPSA) is 157 Å². The average Bonchev–Trinajstić information content (AvgIpc) is 3.50. The highest BCUT2D eigenvalue weighted by Crippen LogP contribution is 2.29. The SMILES string of the molecule is COCC1CCN(S(=O)(=O)N2CCNC(=O)c3ccc(OC)c(c3)OCCn3nc(-c4ccccc4)nc3[C@@H](C(C)C)NC(=O)C2)CC1. The summed E-state index contributed by atoms with van der Waals surface area (Å²) < 4.78 is 49.1. The van der Waals surface area contributed by atoms with Crippen LogP contribution in [0.5, 0.6) is 11.5 Å². The van der Waals surface area contributed by atoms with Gasteiger partial charge in [0.25, 0.3) is 16.1 Å². The third-order valence-corrected chi connectivity index (χ3v) is 10.6. The zero-order valence-electron chi connectivity index (χ0n) is 27.9. The van der Waals surface area contributed by atoms with E-state index >= 15 is 0 Å². The highest BCUT2D eigenvalue weighted by Gasteiger charge is 2.35. The van der Waals surface area contributed by atoms with Crippen molar-refractivity contribution < 1.29 is 32.2 Å². The number of piperidine rings is 1. The first kappa shape index (κ1) is 35.3. The Labute approximate surface area is 281 Å². The lowest BCUT2D eigenvalue weighted by Crippen LogP contribution is -2.52. The van der Waals surface area contributed by atoms with Gasteiger partial charge in [0, 0.05) is 51.0 Å². The summed E-state index contributed by atoms with van der Waals surface area (Å²) >= 11 is 0. The fraction of sp³-hybridized carbons (Fsp3) is 0.515. The molecule has 48 heavy (non-hydrogen) atoms. The summed E-state index contributed by atoms with van der Waals surface area (Å²) in [5.74, 6) is 1.05. The highest BCUT2D eigenvalue weighted by atomic mass is 32.2. The van der Waals surface area contributed by atoms with Crippen LogP contribution >= 0.6 is 0 Å². The number of ether oxygens (including phenoxy) is 3. The van der Waals surface area contributed by atoms with E-state index in [2.05, 4.69) is 10.6 Å². The monoisotopic (exact) mass is 683 g/mol. The van der Waals surface area contributed by atoms with Crippen LogP contribution in [0.25, 0.3) is 11.4 Å². The summed E-state index contributed by atoms with van der Waals surface area (Å²) in [5.41, 5.74) is 1.12. The number of aromatic nitrogens is 3. The number of carbonyl (C=O) groups is 2. The second-order valence-electron chi connectivity index (χ2n) is 12.3. The number of hydrogen-bond donors (Lipinski definition) is 2. The van der Waals surface area contributed by atoms with Crippen LogP contribution in [0.3, 0.4) is 0 Å². The molecule has 2 amide bonds. The smallest absolute Gasteiger partial charge is 0.282 e. The number of methoxy groups -OCH3 is 2. The van der Waals surface area contributed by atoms with Crippen molar-refractivity contribution in [2.24, 2.45) is 11.8 Å². The molecule has 0 radical (unpaired) electrons. The van der Waals surface area contributed by atoms with Gasteiger partial charge in [-0.3, -0.25) is 9.59 Å². The van der Waals surface area contributed by atoms with Crippen molar-refractivity contribution in [2.75, 3.05) is 60.2 Å². The molecule has 14 nitrogen and oxygen atoms in total. The molecule has 2 aromatic carbocycles. The number of benzene rings is 2. The van der Waals surface area contributed by atoms with Gasteiger partial charge in [0.05, 0.1) is 26.2 Å². The molecule has 5 rings (SSSR count). The number of fused-ring (bicyclic) bond motifs is 3. The number of nitrogens with zero attached hydrogens (tertiary/aromatic N) is 5. The summed E-state index contributed by atoms with van der Waals surface area (Å²) in [6.07, 6.45) is 1.31. The van der Waals surface area contributed by atoms with Gasteiger partial charge in [0.1, 0.15) is 6.61 Å². The number of nitrogens with one attached hydrogen (secondary N) is 2. The largest absolute Gasteiger partial charge is 0.493 e. The van der Waals surface area contributed by atoms with Crippen LogP contribution in [0, 0.1) is 11.8 Å². The molecule has 0 unspecified atom stereocenters. The Morgan fingerprint density at radius 2 is 1.73 bits per heavy atom. The molecule has 2 aliphatic heterocycles. The van der Waals surface area contributed by atoms with Crippen molar-refractivity contribution in [3.8, 4) is 22.9 Å². The Morgan fingerprint density at radius 3 is 2.42 bits per heavy atom. The second kappa shape index (κ2) is 15.9. The Balaban J connectivity index is 1.49. The van der Waals surface area contributed by atoms with Crippen LogP contribution in [-0.2, 0) is 26.3 Å². The molecule has 260 valence electrons. The van der Waals surface area contributed by atoms with E-state index in [4.69, 9.17) is 24.3 Å². The van der Waals surface area contributed by atoms with Crippen LogP contribution in [0.4, 0.5) is 0 Å². The van der Waals surface area contributed by atoms with Gasteiger partial charge in [0.2, 0.25) is 5.91 Å². The third kappa shape index (κ3) is 8.32. The van der Waals surface area contributed by atoms with E-state index in [1.54, 1.807) is 30.0 Å². The fourth-order valence-corrected chi connectivity index (χ4v) is 7.52. The molecule has 0 aliphatic carbocycles. The first-order valence-corrected chi connectivity index (χ1v) is 17.6. The molecule has 1 aromatic heterocycles. The molecule has 0 saturated carbocycles. The van der Waals surface area contributed by atoms with Gasteiger partial charge in [-0.25, -0.2) is 9.67 Å². The maximum absolute atomic E-state index is 14.0. The van der Waals surface area contributed by atoms with E-state index in [1.165, 1.54) is 11.4 Å². The highest BCUT2D eigenvalue weighted by molar-refractivity contribution is 7.86. The van der Waals surface area contributed by atoms with E-state index in [0.29, 0.717) is 61.2 Å². The number of rotatable bonds is 7.